The number of hydrogen-bond acceptors (Lipinski definition) is 2. The fourth-order valence-corrected chi connectivity index (χ4v) is 1.71. The fourth-order valence-electron chi connectivity index (χ4n) is 1.71. The lowest BCUT2D eigenvalue weighted by Gasteiger charge is -2.07. The quantitative estimate of drug-likeness (QED) is 0.880. The van der Waals surface area contributed by atoms with E-state index in [1.54, 1.807) is 18.2 Å². The summed E-state index contributed by atoms with van der Waals surface area (Å²) in [6, 6.07) is 9.77. The zero-order valence-corrected chi connectivity index (χ0v) is 9.69. The molecule has 3 heteroatoms. The third-order valence-corrected chi connectivity index (χ3v) is 2.70. The van der Waals surface area contributed by atoms with Crippen LogP contribution in [0, 0.1) is 5.82 Å². The number of halogens is 1. The van der Waals surface area contributed by atoms with Crippen LogP contribution in [0.4, 0.5) is 4.39 Å². The molecule has 2 aromatic rings. The summed E-state index contributed by atoms with van der Waals surface area (Å²) in [6.45, 7) is 2.00. The summed E-state index contributed by atoms with van der Waals surface area (Å²) in [5.74, 6) is 1.15. The summed E-state index contributed by atoms with van der Waals surface area (Å²) in [7, 11) is 0. The Bertz CT molecular complexity index is 473. The number of benzene rings is 1. The Kier molecular flexibility index (Phi) is 3.59. The van der Waals surface area contributed by atoms with Crippen molar-refractivity contribution >= 4 is 0 Å². The van der Waals surface area contributed by atoms with Crippen molar-refractivity contribution in [1.29, 1.82) is 0 Å². The number of aliphatic hydroxyl groups excluding tert-OH is 1. The maximum absolute atomic E-state index is 12.7. The van der Waals surface area contributed by atoms with Crippen LogP contribution in [0.3, 0.4) is 0 Å². The molecule has 0 bridgehead atoms. The van der Waals surface area contributed by atoms with E-state index >= 15 is 0 Å². The van der Waals surface area contributed by atoms with Gasteiger partial charge in [0.25, 0.3) is 0 Å². The average Bonchev–Trinajstić information content (AvgIpc) is 2.81. The molecule has 0 aliphatic heterocycles. The Morgan fingerprint density at radius 1 is 1.18 bits per heavy atom. The average molecular weight is 234 g/mol. The van der Waals surface area contributed by atoms with Crippen LogP contribution in [0.15, 0.2) is 40.8 Å². The van der Waals surface area contributed by atoms with E-state index in [0.29, 0.717) is 12.2 Å². The molecule has 0 fully saturated rings. The van der Waals surface area contributed by atoms with E-state index in [-0.39, 0.29) is 5.82 Å². The minimum atomic E-state index is -0.680. The minimum absolute atomic E-state index is 0.269. The molecule has 1 N–H and O–H groups in total. The first-order valence-corrected chi connectivity index (χ1v) is 5.70. The van der Waals surface area contributed by atoms with Crippen LogP contribution in [0.25, 0.3) is 0 Å². The van der Waals surface area contributed by atoms with Crippen molar-refractivity contribution in [2.45, 2.75) is 25.9 Å². The normalized spacial score (nSPS) is 12.6. The molecule has 17 heavy (non-hydrogen) atoms. The molecule has 0 aliphatic rings. The molecule has 0 spiro atoms. The molecule has 0 aliphatic carbocycles. The zero-order chi connectivity index (χ0) is 12.3. The smallest absolute Gasteiger partial charge is 0.133 e. The van der Waals surface area contributed by atoms with E-state index in [4.69, 9.17) is 4.42 Å². The van der Waals surface area contributed by atoms with Crippen molar-refractivity contribution in [2.75, 3.05) is 0 Å². The molecule has 2 rings (SSSR count). The monoisotopic (exact) mass is 234 g/mol. The molecule has 0 amide bonds. The lowest BCUT2D eigenvalue weighted by Crippen LogP contribution is -2.00. The second-order valence-corrected chi connectivity index (χ2v) is 4.00. The predicted molar refractivity (Wildman–Crippen MR) is 63.1 cm³/mol. The molecule has 1 unspecified atom stereocenters. The number of aryl methyl sites for hydroxylation is 1. The first kappa shape index (κ1) is 11.9. The topological polar surface area (TPSA) is 33.4 Å². The highest BCUT2D eigenvalue weighted by Gasteiger charge is 2.12. The Balaban J connectivity index is 2.05. The zero-order valence-electron chi connectivity index (χ0n) is 9.69. The third kappa shape index (κ3) is 2.94. The van der Waals surface area contributed by atoms with E-state index in [1.165, 1.54) is 12.1 Å². The van der Waals surface area contributed by atoms with E-state index in [1.807, 2.05) is 13.0 Å². The van der Waals surface area contributed by atoms with Crippen LogP contribution in [0.2, 0.25) is 0 Å². The van der Waals surface area contributed by atoms with Gasteiger partial charge in [0.15, 0.2) is 0 Å². The van der Waals surface area contributed by atoms with Gasteiger partial charge in [-0.25, -0.2) is 4.39 Å². The number of furan rings is 1. The summed E-state index contributed by atoms with van der Waals surface area (Å²) in [5, 5.41) is 9.96. The van der Waals surface area contributed by atoms with Crippen LogP contribution >= 0.6 is 0 Å². The second-order valence-electron chi connectivity index (χ2n) is 4.00. The van der Waals surface area contributed by atoms with Gasteiger partial charge in [0.2, 0.25) is 0 Å². The summed E-state index contributed by atoms with van der Waals surface area (Å²) < 4.78 is 18.2. The van der Waals surface area contributed by atoms with Gasteiger partial charge in [-0.05, 0) is 29.8 Å². The van der Waals surface area contributed by atoms with Gasteiger partial charge in [-0.3, -0.25) is 0 Å². The van der Waals surface area contributed by atoms with Crippen LogP contribution in [-0.4, -0.2) is 5.11 Å². The number of aliphatic hydroxyl groups is 1. The Hall–Kier alpha value is -1.61. The van der Waals surface area contributed by atoms with E-state index in [2.05, 4.69) is 0 Å². The van der Waals surface area contributed by atoms with Crippen LogP contribution in [-0.2, 0) is 12.8 Å². The van der Waals surface area contributed by atoms with Gasteiger partial charge < -0.3 is 9.52 Å². The molecule has 1 heterocycles. The number of rotatable bonds is 4. The molecule has 0 radical (unpaired) electrons. The highest BCUT2D eigenvalue weighted by atomic mass is 19.1. The van der Waals surface area contributed by atoms with Gasteiger partial charge >= 0.3 is 0 Å². The van der Waals surface area contributed by atoms with Crippen molar-refractivity contribution in [2.24, 2.45) is 0 Å². The molecule has 0 saturated carbocycles. The van der Waals surface area contributed by atoms with Gasteiger partial charge in [0.1, 0.15) is 23.4 Å². The van der Waals surface area contributed by atoms with Crippen LogP contribution in [0.5, 0.6) is 0 Å². The van der Waals surface area contributed by atoms with Gasteiger partial charge in [-0.15, -0.1) is 0 Å². The molecule has 90 valence electrons. The molecule has 1 aromatic carbocycles. The third-order valence-electron chi connectivity index (χ3n) is 2.70. The first-order valence-electron chi connectivity index (χ1n) is 5.70. The standard InChI is InChI=1S/C14H15FO2/c1-2-12-7-8-14(17-12)13(16)9-10-3-5-11(15)6-4-10/h3-8,13,16H,2,9H2,1H3. The summed E-state index contributed by atoms with van der Waals surface area (Å²) >= 11 is 0. The molecule has 2 nitrogen and oxygen atoms in total. The highest BCUT2D eigenvalue weighted by Crippen LogP contribution is 2.21. The lowest BCUT2D eigenvalue weighted by molar-refractivity contribution is 0.148. The summed E-state index contributed by atoms with van der Waals surface area (Å²) in [6.07, 6.45) is 0.556. The maximum atomic E-state index is 12.7. The molecule has 1 atom stereocenters. The van der Waals surface area contributed by atoms with Gasteiger partial charge in [0.05, 0.1) is 0 Å². The second kappa shape index (κ2) is 5.15. The molecule has 0 saturated heterocycles. The lowest BCUT2D eigenvalue weighted by atomic mass is 10.1. The molecular weight excluding hydrogens is 219 g/mol. The van der Waals surface area contributed by atoms with Crippen LogP contribution < -0.4 is 0 Å². The van der Waals surface area contributed by atoms with Crippen molar-refractivity contribution in [3.63, 3.8) is 0 Å². The van der Waals surface area contributed by atoms with Crippen molar-refractivity contribution in [1.82, 2.24) is 0 Å². The van der Waals surface area contributed by atoms with Gasteiger partial charge in [0, 0.05) is 12.8 Å². The Morgan fingerprint density at radius 3 is 2.47 bits per heavy atom. The van der Waals surface area contributed by atoms with E-state index in [9.17, 15) is 9.50 Å². The maximum Gasteiger partial charge on any atom is 0.133 e. The van der Waals surface area contributed by atoms with Crippen LogP contribution in [0.1, 0.15) is 30.1 Å². The van der Waals surface area contributed by atoms with Crippen molar-refractivity contribution in [3.05, 3.63) is 59.3 Å². The summed E-state index contributed by atoms with van der Waals surface area (Å²) in [4.78, 5) is 0. The highest BCUT2D eigenvalue weighted by molar-refractivity contribution is 5.19. The SMILES string of the molecule is CCc1ccc(C(O)Cc2ccc(F)cc2)o1. The molecular formula is C14H15FO2. The first-order chi connectivity index (χ1) is 8.19. The Morgan fingerprint density at radius 2 is 1.88 bits per heavy atom. The Labute approximate surface area is 99.7 Å². The minimum Gasteiger partial charge on any atom is -0.463 e. The largest absolute Gasteiger partial charge is 0.463 e. The van der Waals surface area contributed by atoms with Crippen molar-refractivity contribution in [3.8, 4) is 0 Å². The molecule has 1 aromatic heterocycles. The van der Waals surface area contributed by atoms with Gasteiger partial charge in [-0.1, -0.05) is 19.1 Å². The van der Waals surface area contributed by atoms with E-state index < -0.39 is 6.10 Å². The van der Waals surface area contributed by atoms with Gasteiger partial charge in [-0.2, -0.15) is 0 Å². The number of hydrogen-bond donors (Lipinski definition) is 1. The van der Waals surface area contributed by atoms with E-state index in [0.717, 1.165) is 17.7 Å². The predicted octanol–water partition coefficient (Wildman–Crippen LogP) is 3.26. The summed E-state index contributed by atoms with van der Waals surface area (Å²) in [5.41, 5.74) is 0.883. The fraction of sp³-hybridized carbons (Fsp3) is 0.286. The van der Waals surface area contributed by atoms with Crippen molar-refractivity contribution < 1.29 is 13.9 Å².